The maximum atomic E-state index is 2.57. The molecule has 0 aliphatic heterocycles. The highest BCUT2D eigenvalue weighted by molar-refractivity contribution is 6.25. The topological polar surface area (TPSA) is 0 Å². The van der Waals surface area contributed by atoms with Crippen molar-refractivity contribution in [3.05, 3.63) is 216 Å². The van der Waals surface area contributed by atoms with Crippen LogP contribution in [0.1, 0.15) is 49.9 Å². The zero-order valence-corrected chi connectivity index (χ0v) is 35.5. The summed E-state index contributed by atoms with van der Waals surface area (Å²) in [6, 6.07) is 73.4. The van der Waals surface area contributed by atoms with Crippen LogP contribution >= 0.6 is 0 Å². The van der Waals surface area contributed by atoms with E-state index in [4.69, 9.17) is 0 Å². The molecule has 0 saturated heterocycles. The van der Waals surface area contributed by atoms with E-state index < -0.39 is 0 Å². The molecule has 0 heteroatoms. The van der Waals surface area contributed by atoms with Crippen molar-refractivity contribution in [2.24, 2.45) is 0 Å². The van der Waals surface area contributed by atoms with Gasteiger partial charge in [-0.25, -0.2) is 0 Å². The Morgan fingerprint density at radius 1 is 0.242 bits per heavy atom. The zero-order chi connectivity index (χ0) is 41.5. The Kier molecular flexibility index (Phi) is 7.23. The van der Waals surface area contributed by atoms with E-state index in [1.165, 1.54) is 132 Å². The van der Waals surface area contributed by atoms with Gasteiger partial charge in [0.15, 0.2) is 0 Å². The first kappa shape index (κ1) is 35.5. The van der Waals surface area contributed by atoms with E-state index in [0.29, 0.717) is 0 Å². The molecule has 0 N–H and O–H groups in total. The van der Waals surface area contributed by atoms with Crippen molar-refractivity contribution in [1.29, 1.82) is 0 Å². The Morgan fingerprint density at radius 2 is 0.742 bits per heavy atom. The Hall–Kier alpha value is -7.28. The van der Waals surface area contributed by atoms with Crippen molar-refractivity contribution >= 4 is 53.9 Å². The molecule has 2 aliphatic rings. The molecule has 11 aromatic carbocycles. The van der Waals surface area contributed by atoms with E-state index in [1.54, 1.807) is 0 Å². The van der Waals surface area contributed by atoms with Crippen LogP contribution in [0.3, 0.4) is 0 Å². The van der Waals surface area contributed by atoms with Crippen LogP contribution in [-0.2, 0) is 10.8 Å². The molecule has 0 unspecified atom stereocenters. The molecule has 0 spiro atoms. The largest absolute Gasteiger partial charge is 0.0619 e. The van der Waals surface area contributed by atoms with Crippen molar-refractivity contribution in [2.45, 2.75) is 38.5 Å². The summed E-state index contributed by atoms with van der Waals surface area (Å²) < 4.78 is 0. The van der Waals surface area contributed by atoms with Crippen LogP contribution in [0.4, 0.5) is 0 Å². The Balaban J connectivity index is 1.03. The average Bonchev–Trinajstić information content (AvgIpc) is 3.68. The smallest absolute Gasteiger partial charge is 0.0159 e. The monoisotopic (exact) mass is 788 g/mol. The minimum absolute atomic E-state index is 0.0620. The first-order valence-corrected chi connectivity index (χ1v) is 22.1. The maximum Gasteiger partial charge on any atom is 0.0159 e. The zero-order valence-electron chi connectivity index (χ0n) is 35.5. The van der Waals surface area contributed by atoms with Crippen molar-refractivity contribution < 1.29 is 0 Å². The Labute approximate surface area is 362 Å². The first-order valence-electron chi connectivity index (χ1n) is 22.1. The molecule has 0 nitrogen and oxygen atoms in total. The molecular weight excluding hydrogens is 745 g/mol. The molecule has 2 aliphatic carbocycles. The van der Waals surface area contributed by atoms with Gasteiger partial charge in [-0.2, -0.15) is 0 Å². The molecule has 0 aromatic heterocycles. The second kappa shape index (κ2) is 12.6. The normalized spacial score (nSPS) is 14.4. The summed E-state index contributed by atoms with van der Waals surface area (Å²) in [6.07, 6.45) is 0. The van der Waals surface area contributed by atoms with E-state index >= 15 is 0 Å². The summed E-state index contributed by atoms with van der Waals surface area (Å²) in [4.78, 5) is 0. The molecule has 62 heavy (non-hydrogen) atoms. The predicted molar refractivity (Wildman–Crippen MR) is 265 cm³/mol. The maximum absolute atomic E-state index is 2.57. The lowest BCUT2D eigenvalue weighted by atomic mass is 9.78. The van der Waals surface area contributed by atoms with Crippen molar-refractivity contribution in [2.75, 3.05) is 0 Å². The third-order valence-corrected chi connectivity index (χ3v) is 14.8. The highest BCUT2D eigenvalue weighted by Crippen LogP contribution is 2.59. The van der Waals surface area contributed by atoms with Crippen molar-refractivity contribution in [3.8, 4) is 55.6 Å². The molecule has 13 rings (SSSR count). The minimum atomic E-state index is -0.192. The number of benzene rings is 11. The highest BCUT2D eigenvalue weighted by Gasteiger charge is 2.42. The van der Waals surface area contributed by atoms with E-state index in [0.717, 1.165) is 0 Å². The summed E-state index contributed by atoms with van der Waals surface area (Å²) in [5.41, 5.74) is 18.5. The van der Waals surface area contributed by atoms with Crippen LogP contribution in [0.2, 0.25) is 0 Å². The number of rotatable bonds is 3. The second-order valence-electron chi connectivity index (χ2n) is 18.8. The van der Waals surface area contributed by atoms with Gasteiger partial charge in [-0.1, -0.05) is 191 Å². The van der Waals surface area contributed by atoms with Gasteiger partial charge in [0, 0.05) is 10.8 Å². The third kappa shape index (κ3) is 4.78. The van der Waals surface area contributed by atoms with Gasteiger partial charge in [0.05, 0.1) is 0 Å². The summed E-state index contributed by atoms with van der Waals surface area (Å²) in [5, 5.41) is 12.8. The molecular formula is C62H44. The molecule has 0 saturated carbocycles. The Morgan fingerprint density at radius 3 is 1.48 bits per heavy atom. The lowest BCUT2D eigenvalue weighted by Crippen LogP contribution is -2.17. The van der Waals surface area contributed by atoms with Gasteiger partial charge >= 0.3 is 0 Å². The molecule has 11 aromatic rings. The highest BCUT2D eigenvalue weighted by atomic mass is 14.5. The van der Waals surface area contributed by atoms with Gasteiger partial charge in [-0.15, -0.1) is 0 Å². The SMILES string of the molecule is CC1(C)c2ccccc2-c2cc3c(cc21)-c1c(cc(-c2c4ccccc4c(-c4cccc(-c5ccc6c(ccc7ccccc76)c5)c4)c4ccccc24)c2ccccc12)C3(C)C. The van der Waals surface area contributed by atoms with Gasteiger partial charge < -0.3 is 0 Å². The fourth-order valence-corrected chi connectivity index (χ4v) is 11.8. The average molecular weight is 789 g/mol. The van der Waals surface area contributed by atoms with Crippen LogP contribution in [0, 0.1) is 0 Å². The first-order chi connectivity index (χ1) is 30.3. The van der Waals surface area contributed by atoms with Crippen LogP contribution in [0.5, 0.6) is 0 Å². The van der Waals surface area contributed by atoms with Crippen molar-refractivity contribution in [3.63, 3.8) is 0 Å². The number of hydrogen-bond acceptors (Lipinski definition) is 0. The quantitative estimate of drug-likeness (QED) is 0.124. The number of fused-ring (bicyclic) bond motifs is 13. The van der Waals surface area contributed by atoms with Gasteiger partial charge in [-0.3, -0.25) is 0 Å². The molecule has 0 atom stereocenters. The lowest BCUT2D eigenvalue weighted by molar-refractivity contribution is 0.652. The fraction of sp³-hybridized carbons (Fsp3) is 0.0968. The molecule has 0 heterocycles. The molecule has 0 amide bonds. The van der Waals surface area contributed by atoms with E-state index in [-0.39, 0.29) is 10.8 Å². The van der Waals surface area contributed by atoms with Crippen molar-refractivity contribution in [1.82, 2.24) is 0 Å². The molecule has 0 fully saturated rings. The van der Waals surface area contributed by atoms with Crippen LogP contribution in [0.15, 0.2) is 194 Å². The van der Waals surface area contributed by atoms with Crippen LogP contribution in [-0.4, -0.2) is 0 Å². The summed E-state index contributed by atoms with van der Waals surface area (Å²) in [7, 11) is 0. The number of hydrogen-bond donors (Lipinski definition) is 0. The standard InChI is InChI=1S/C62H44/c1-61(2)54-27-14-13-21-45(54)51-34-56-53(36-55(51)61)60-46-22-8-7-20-44(46)52(35-57(60)62(56,3)4)59-49-25-11-9-23-47(49)58(48-24-10-12-26-50(48)59)41-18-15-17-38(33-41)39-30-31-43-40(32-39)29-28-37-16-5-6-19-42(37)43/h5-36H,1-4H3. The third-order valence-electron chi connectivity index (χ3n) is 14.8. The minimum Gasteiger partial charge on any atom is -0.0619 e. The van der Waals surface area contributed by atoms with Gasteiger partial charge in [-0.05, 0) is 162 Å². The van der Waals surface area contributed by atoms with E-state index in [2.05, 4.69) is 222 Å². The van der Waals surface area contributed by atoms with Gasteiger partial charge in [0.1, 0.15) is 0 Å². The summed E-state index contributed by atoms with van der Waals surface area (Å²) >= 11 is 0. The van der Waals surface area contributed by atoms with E-state index in [9.17, 15) is 0 Å². The van der Waals surface area contributed by atoms with Crippen LogP contribution < -0.4 is 0 Å². The van der Waals surface area contributed by atoms with E-state index in [1.807, 2.05) is 0 Å². The lowest BCUT2D eigenvalue weighted by Gasteiger charge is -2.25. The summed E-state index contributed by atoms with van der Waals surface area (Å²) in [5.74, 6) is 0. The second-order valence-corrected chi connectivity index (χ2v) is 18.8. The fourth-order valence-electron chi connectivity index (χ4n) is 11.8. The van der Waals surface area contributed by atoms with Crippen LogP contribution in [0.25, 0.3) is 109 Å². The molecule has 0 radical (unpaired) electrons. The summed E-state index contributed by atoms with van der Waals surface area (Å²) in [6.45, 7) is 9.68. The van der Waals surface area contributed by atoms with Gasteiger partial charge in [0.25, 0.3) is 0 Å². The van der Waals surface area contributed by atoms with Gasteiger partial charge in [0.2, 0.25) is 0 Å². The predicted octanol–water partition coefficient (Wildman–Crippen LogP) is 17.1. The molecule has 292 valence electrons. The molecule has 0 bridgehead atoms. The Bertz CT molecular complexity index is 3690.